The molecule has 5 heterocycles. The quantitative estimate of drug-likeness (QED) is 0.362. The van der Waals surface area contributed by atoms with Crippen LogP contribution in [0.3, 0.4) is 0 Å². The summed E-state index contributed by atoms with van der Waals surface area (Å²) in [4.78, 5) is 31.1. The summed E-state index contributed by atoms with van der Waals surface area (Å²) in [6.45, 7) is 6.52. The molecule has 2 atom stereocenters. The highest BCUT2D eigenvalue weighted by Gasteiger charge is 2.49. The number of aromatic amines is 1. The summed E-state index contributed by atoms with van der Waals surface area (Å²) in [5.41, 5.74) is 3.52. The second-order valence-electron chi connectivity index (χ2n) is 10.6. The Balaban J connectivity index is 1.17. The third-order valence-electron chi connectivity index (χ3n) is 7.91. The van der Waals surface area contributed by atoms with Crippen LogP contribution in [0.15, 0.2) is 48.9 Å². The maximum atomic E-state index is 13.4. The Hall–Kier alpha value is -4.61. The summed E-state index contributed by atoms with van der Waals surface area (Å²) in [5.74, 6) is 2.20. The molecule has 2 amide bonds. The van der Waals surface area contributed by atoms with Crippen LogP contribution in [0.1, 0.15) is 55.0 Å². The van der Waals surface area contributed by atoms with Crippen molar-refractivity contribution in [2.24, 2.45) is 0 Å². The van der Waals surface area contributed by atoms with Crippen molar-refractivity contribution < 1.29 is 9.18 Å². The molecule has 0 aromatic carbocycles. The van der Waals surface area contributed by atoms with Gasteiger partial charge in [-0.05, 0) is 57.2 Å². The second-order valence-corrected chi connectivity index (χ2v) is 10.6. The lowest BCUT2D eigenvalue weighted by molar-refractivity contribution is 0.168. The normalized spacial score (nSPS) is 19.8. The number of allylic oxidation sites excluding steroid dienone is 1. The Kier molecular flexibility index (Phi) is 6.32. The van der Waals surface area contributed by atoms with E-state index in [4.69, 9.17) is 9.97 Å². The third kappa shape index (κ3) is 4.69. The average Bonchev–Trinajstić information content (AvgIpc) is 3.63. The third-order valence-corrected chi connectivity index (χ3v) is 7.91. The van der Waals surface area contributed by atoms with Gasteiger partial charge in [0, 0.05) is 43.3 Å². The number of hydrogen-bond donors (Lipinski definition) is 2. The predicted molar refractivity (Wildman–Crippen MR) is 148 cm³/mol. The zero-order chi connectivity index (χ0) is 28.0. The summed E-state index contributed by atoms with van der Waals surface area (Å²) in [6.07, 6.45) is 8.61. The summed E-state index contributed by atoms with van der Waals surface area (Å²) < 4.78 is 14.7. The van der Waals surface area contributed by atoms with Crippen molar-refractivity contribution in [3.05, 3.63) is 77.5 Å². The number of pyridine rings is 1. The first-order valence-corrected chi connectivity index (χ1v) is 13.3. The highest BCUT2D eigenvalue weighted by Crippen LogP contribution is 2.42. The Labute approximate surface area is 231 Å². The number of carbonyl (C=O) groups is 1. The molecule has 4 aromatic heterocycles. The highest BCUT2D eigenvalue weighted by atomic mass is 19.1. The van der Waals surface area contributed by atoms with Gasteiger partial charge in [0.05, 0.1) is 24.0 Å². The van der Waals surface area contributed by atoms with Gasteiger partial charge in [0.25, 0.3) is 0 Å². The molecule has 40 heavy (non-hydrogen) atoms. The standard InChI is InChI=1S/C28H31FN10O/c1-17-11-23(33-24-12-18(2)35-36-24)34-26(32-17)20-7-9-28(10-8-20)16-38(27(40)37(28)4)19(3)21-5-6-25(30-13-21)39-15-22(29)14-31-39/h5-7,11-15,19H,8-10,16H2,1-4H3,(H2,32,33,34,35,36)/t19-,28?/m0/s1. The van der Waals surface area contributed by atoms with Gasteiger partial charge in [-0.3, -0.25) is 5.10 Å². The zero-order valence-corrected chi connectivity index (χ0v) is 22.9. The summed E-state index contributed by atoms with van der Waals surface area (Å²) in [5, 5.41) is 14.4. The lowest BCUT2D eigenvalue weighted by Crippen LogP contribution is -2.45. The lowest BCUT2D eigenvalue weighted by Gasteiger charge is -2.37. The number of anilines is 2. The van der Waals surface area contributed by atoms with Crippen molar-refractivity contribution in [2.75, 3.05) is 18.9 Å². The fourth-order valence-corrected chi connectivity index (χ4v) is 5.50. The first kappa shape index (κ1) is 25.7. The fourth-order valence-electron chi connectivity index (χ4n) is 5.50. The van der Waals surface area contributed by atoms with E-state index in [1.807, 2.05) is 55.8 Å². The van der Waals surface area contributed by atoms with E-state index in [0.29, 0.717) is 36.2 Å². The number of urea groups is 1. The van der Waals surface area contributed by atoms with Crippen LogP contribution in [-0.4, -0.2) is 69.9 Å². The number of aryl methyl sites for hydroxylation is 2. The second kappa shape index (κ2) is 9.85. The first-order chi connectivity index (χ1) is 19.2. The molecule has 2 aliphatic rings. The lowest BCUT2D eigenvalue weighted by atomic mass is 9.81. The molecule has 0 saturated carbocycles. The molecule has 0 radical (unpaired) electrons. The van der Waals surface area contributed by atoms with Gasteiger partial charge >= 0.3 is 6.03 Å². The molecule has 12 heteroatoms. The van der Waals surface area contributed by atoms with Gasteiger partial charge in [-0.25, -0.2) is 28.8 Å². The number of H-pyrrole nitrogens is 1. The molecule has 4 aromatic rings. The largest absolute Gasteiger partial charge is 0.323 e. The summed E-state index contributed by atoms with van der Waals surface area (Å²) in [6, 6.07) is 7.34. The van der Waals surface area contributed by atoms with Gasteiger partial charge in [-0.2, -0.15) is 10.2 Å². The Morgan fingerprint density at radius 3 is 2.65 bits per heavy atom. The predicted octanol–water partition coefficient (Wildman–Crippen LogP) is 4.71. The first-order valence-electron chi connectivity index (χ1n) is 13.3. The van der Waals surface area contributed by atoms with Crippen LogP contribution in [0, 0.1) is 19.7 Å². The molecule has 6 rings (SSSR count). The minimum absolute atomic E-state index is 0.00448. The van der Waals surface area contributed by atoms with Crippen LogP contribution in [0.2, 0.25) is 0 Å². The maximum Gasteiger partial charge on any atom is 0.320 e. The SMILES string of the molecule is Cc1cc(Nc2cc(C)[nH]n2)nc(C2=CCC3(CC2)CN([C@@H](C)c2ccc(-n4cc(F)cn4)nc2)C(=O)N3C)n1. The van der Waals surface area contributed by atoms with Crippen LogP contribution in [0.25, 0.3) is 11.4 Å². The van der Waals surface area contributed by atoms with E-state index in [-0.39, 0.29) is 17.6 Å². The molecule has 0 bridgehead atoms. The molecular formula is C28H31FN10O. The van der Waals surface area contributed by atoms with E-state index in [1.54, 1.807) is 12.3 Å². The van der Waals surface area contributed by atoms with Crippen molar-refractivity contribution in [3.63, 3.8) is 0 Å². The molecule has 1 spiro atoms. The van der Waals surface area contributed by atoms with Crippen LogP contribution in [-0.2, 0) is 0 Å². The van der Waals surface area contributed by atoms with Crippen LogP contribution in [0.4, 0.5) is 20.8 Å². The number of nitrogens with one attached hydrogen (secondary N) is 2. The highest BCUT2D eigenvalue weighted by molar-refractivity contribution is 5.79. The number of hydrogen-bond acceptors (Lipinski definition) is 7. The van der Waals surface area contributed by atoms with Crippen molar-refractivity contribution in [1.29, 1.82) is 0 Å². The number of halogens is 1. The number of carbonyl (C=O) groups excluding carboxylic acids is 1. The molecule has 11 nitrogen and oxygen atoms in total. The van der Waals surface area contributed by atoms with E-state index in [9.17, 15) is 9.18 Å². The monoisotopic (exact) mass is 542 g/mol. The van der Waals surface area contributed by atoms with Gasteiger partial charge in [0.1, 0.15) is 5.82 Å². The van der Waals surface area contributed by atoms with Gasteiger partial charge in [-0.1, -0.05) is 12.1 Å². The van der Waals surface area contributed by atoms with Crippen LogP contribution < -0.4 is 5.32 Å². The van der Waals surface area contributed by atoms with E-state index < -0.39 is 5.82 Å². The molecule has 1 fully saturated rings. The number of amides is 2. The molecular weight excluding hydrogens is 511 g/mol. The van der Waals surface area contributed by atoms with Gasteiger partial charge in [0.2, 0.25) is 0 Å². The summed E-state index contributed by atoms with van der Waals surface area (Å²) in [7, 11) is 1.89. The molecule has 1 saturated heterocycles. The molecule has 1 aliphatic carbocycles. The van der Waals surface area contributed by atoms with E-state index in [1.165, 1.54) is 10.9 Å². The molecule has 1 unspecified atom stereocenters. The molecule has 206 valence electrons. The van der Waals surface area contributed by atoms with Gasteiger partial charge in [0.15, 0.2) is 23.3 Å². The Bertz CT molecular complexity index is 1590. The average molecular weight is 543 g/mol. The van der Waals surface area contributed by atoms with Crippen molar-refractivity contribution in [3.8, 4) is 5.82 Å². The molecule has 2 N–H and O–H groups in total. The number of rotatable bonds is 6. The van der Waals surface area contributed by atoms with E-state index in [2.05, 4.69) is 31.7 Å². The van der Waals surface area contributed by atoms with Gasteiger partial charge in [-0.15, -0.1) is 0 Å². The topological polar surface area (TPSA) is 121 Å². The molecule has 1 aliphatic heterocycles. The van der Waals surface area contributed by atoms with Crippen molar-refractivity contribution >= 4 is 23.2 Å². The van der Waals surface area contributed by atoms with E-state index >= 15 is 0 Å². The van der Waals surface area contributed by atoms with Crippen molar-refractivity contribution in [2.45, 2.75) is 51.6 Å². The summed E-state index contributed by atoms with van der Waals surface area (Å²) >= 11 is 0. The number of aromatic nitrogens is 7. The maximum absolute atomic E-state index is 13.4. The van der Waals surface area contributed by atoms with Crippen molar-refractivity contribution in [1.82, 2.24) is 44.7 Å². The fraction of sp³-hybridized carbons (Fsp3) is 0.357. The number of likely N-dealkylation sites (N-methyl/N-ethyl adjacent to an activating group) is 1. The number of nitrogens with zero attached hydrogens (tertiary/aromatic N) is 8. The van der Waals surface area contributed by atoms with Crippen LogP contribution >= 0.6 is 0 Å². The zero-order valence-electron chi connectivity index (χ0n) is 22.9. The van der Waals surface area contributed by atoms with Gasteiger partial charge < -0.3 is 15.1 Å². The van der Waals surface area contributed by atoms with Crippen LogP contribution in [0.5, 0.6) is 0 Å². The van der Waals surface area contributed by atoms with E-state index in [0.717, 1.165) is 41.6 Å². The smallest absolute Gasteiger partial charge is 0.320 e. The Morgan fingerprint density at radius 2 is 2.00 bits per heavy atom. The minimum Gasteiger partial charge on any atom is -0.323 e. The minimum atomic E-state index is -0.421. The Morgan fingerprint density at radius 1 is 1.15 bits per heavy atom.